The van der Waals surface area contributed by atoms with E-state index in [0.717, 1.165) is 37.8 Å². The number of methoxy groups -OCH3 is 1. The van der Waals surface area contributed by atoms with Crippen molar-refractivity contribution in [3.8, 4) is 0 Å². The fourth-order valence-electron chi connectivity index (χ4n) is 4.17. The van der Waals surface area contributed by atoms with E-state index < -0.39 is 11.7 Å². The van der Waals surface area contributed by atoms with Gasteiger partial charge in [-0.15, -0.1) is 0 Å². The number of thiocarbonyl (C=S) groups is 1. The van der Waals surface area contributed by atoms with Crippen molar-refractivity contribution < 1.29 is 22.7 Å². The summed E-state index contributed by atoms with van der Waals surface area (Å²) in [6, 6.07) is 4.88. The maximum atomic E-state index is 12.6. The number of carbonyl (C=O) groups excluding carboxylic acids is 1. The van der Waals surface area contributed by atoms with Gasteiger partial charge >= 0.3 is 6.18 Å². The largest absolute Gasteiger partial charge is 0.416 e. The van der Waals surface area contributed by atoms with Crippen LogP contribution < -0.4 is 16.0 Å². The van der Waals surface area contributed by atoms with Crippen LogP contribution in [-0.2, 0) is 15.7 Å². The van der Waals surface area contributed by atoms with Gasteiger partial charge in [-0.25, -0.2) is 0 Å². The zero-order valence-corrected chi connectivity index (χ0v) is 17.0. The first-order chi connectivity index (χ1) is 13.8. The van der Waals surface area contributed by atoms with Crippen LogP contribution >= 0.6 is 12.2 Å². The van der Waals surface area contributed by atoms with Crippen LogP contribution in [0.1, 0.15) is 37.7 Å². The van der Waals surface area contributed by atoms with Crippen molar-refractivity contribution in [1.82, 2.24) is 10.6 Å². The molecular formula is C20H26F3N3O2S. The van der Waals surface area contributed by atoms with Crippen LogP contribution in [-0.4, -0.2) is 36.8 Å². The SMILES string of the molecule is COC1CCC2CC(CCNC(=S)Nc3ccc(C(F)(F)F)cc3)C(=O)NC2C1. The molecule has 0 spiro atoms. The highest BCUT2D eigenvalue weighted by atomic mass is 32.1. The number of ether oxygens (including phenoxy) is 1. The van der Waals surface area contributed by atoms with E-state index in [9.17, 15) is 18.0 Å². The Labute approximate surface area is 173 Å². The third-order valence-corrected chi connectivity index (χ3v) is 6.06. The monoisotopic (exact) mass is 429 g/mol. The highest BCUT2D eigenvalue weighted by Crippen LogP contribution is 2.35. The number of benzene rings is 1. The fourth-order valence-corrected chi connectivity index (χ4v) is 4.39. The summed E-state index contributed by atoms with van der Waals surface area (Å²) in [6.45, 7) is 0.517. The second-order valence-electron chi connectivity index (χ2n) is 7.72. The average Bonchev–Trinajstić information content (AvgIpc) is 2.67. The third kappa shape index (κ3) is 5.82. The van der Waals surface area contributed by atoms with Crippen LogP contribution in [0.15, 0.2) is 24.3 Å². The van der Waals surface area contributed by atoms with Gasteiger partial charge in [-0.2, -0.15) is 13.2 Å². The Kier molecular flexibility index (Phi) is 7.00. The Bertz CT molecular complexity index is 727. The number of nitrogens with one attached hydrogen (secondary N) is 3. The predicted molar refractivity (Wildman–Crippen MR) is 108 cm³/mol. The van der Waals surface area contributed by atoms with Gasteiger partial charge in [-0.05, 0) is 74.5 Å². The minimum atomic E-state index is -4.36. The molecule has 3 N–H and O–H groups in total. The Balaban J connectivity index is 1.42. The molecule has 1 aliphatic carbocycles. The molecule has 5 nitrogen and oxygen atoms in total. The van der Waals surface area contributed by atoms with Crippen LogP contribution in [0.2, 0.25) is 0 Å². The summed E-state index contributed by atoms with van der Waals surface area (Å²) in [6.07, 6.45) is 0.341. The normalized spacial score (nSPS) is 27.0. The molecule has 0 aromatic heterocycles. The summed E-state index contributed by atoms with van der Waals surface area (Å²) in [4.78, 5) is 12.4. The number of hydrogen-bond acceptors (Lipinski definition) is 3. The van der Waals surface area contributed by atoms with Gasteiger partial charge in [0, 0.05) is 31.3 Å². The number of rotatable bonds is 5. The van der Waals surface area contributed by atoms with Gasteiger partial charge < -0.3 is 20.7 Å². The van der Waals surface area contributed by atoms with Gasteiger partial charge in [0.1, 0.15) is 0 Å². The van der Waals surface area contributed by atoms with Crippen molar-refractivity contribution in [3.63, 3.8) is 0 Å². The first-order valence-corrected chi connectivity index (χ1v) is 10.2. The lowest BCUT2D eigenvalue weighted by molar-refractivity contribution is -0.137. The van der Waals surface area contributed by atoms with E-state index in [2.05, 4.69) is 16.0 Å². The molecule has 1 amide bonds. The molecule has 0 bridgehead atoms. The van der Waals surface area contributed by atoms with Gasteiger partial charge in [-0.1, -0.05) is 0 Å². The zero-order valence-electron chi connectivity index (χ0n) is 16.2. The summed E-state index contributed by atoms with van der Waals surface area (Å²) < 4.78 is 43.2. The van der Waals surface area contributed by atoms with Gasteiger partial charge in [0.2, 0.25) is 5.91 Å². The number of fused-ring (bicyclic) bond motifs is 1. The van der Waals surface area contributed by atoms with E-state index in [-0.39, 0.29) is 24.0 Å². The Morgan fingerprint density at radius 1 is 1.24 bits per heavy atom. The molecule has 2 fully saturated rings. The molecule has 160 valence electrons. The van der Waals surface area contributed by atoms with Gasteiger partial charge in [0.05, 0.1) is 11.7 Å². The molecular weight excluding hydrogens is 403 g/mol. The smallest absolute Gasteiger partial charge is 0.381 e. The number of anilines is 1. The maximum absolute atomic E-state index is 12.6. The second kappa shape index (κ2) is 9.30. The molecule has 1 saturated heterocycles. The molecule has 1 saturated carbocycles. The van der Waals surface area contributed by atoms with Crippen LogP contribution in [0.25, 0.3) is 0 Å². The van der Waals surface area contributed by atoms with Gasteiger partial charge in [0.25, 0.3) is 0 Å². The minimum absolute atomic E-state index is 0.0586. The van der Waals surface area contributed by atoms with Crippen molar-refractivity contribution in [2.24, 2.45) is 11.8 Å². The molecule has 29 heavy (non-hydrogen) atoms. The Morgan fingerprint density at radius 2 is 1.97 bits per heavy atom. The number of piperidine rings is 1. The zero-order chi connectivity index (χ0) is 21.0. The average molecular weight is 430 g/mol. The van der Waals surface area contributed by atoms with Crippen molar-refractivity contribution in [2.75, 3.05) is 19.0 Å². The van der Waals surface area contributed by atoms with Gasteiger partial charge in [-0.3, -0.25) is 4.79 Å². The number of amides is 1. The van der Waals surface area contributed by atoms with Crippen LogP contribution in [0, 0.1) is 11.8 Å². The molecule has 1 aromatic carbocycles. The van der Waals surface area contributed by atoms with E-state index in [1.54, 1.807) is 7.11 Å². The maximum Gasteiger partial charge on any atom is 0.416 e. The highest BCUT2D eigenvalue weighted by molar-refractivity contribution is 7.80. The fraction of sp³-hybridized carbons (Fsp3) is 0.600. The minimum Gasteiger partial charge on any atom is -0.381 e. The van der Waals surface area contributed by atoms with E-state index in [4.69, 9.17) is 17.0 Å². The quantitative estimate of drug-likeness (QED) is 0.623. The van der Waals surface area contributed by atoms with Crippen molar-refractivity contribution >= 4 is 28.9 Å². The van der Waals surface area contributed by atoms with Crippen LogP contribution in [0.3, 0.4) is 0 Å². The van der Waals surface area contributed by atoms with Crippen molar-refractivity contribution in [1.29, 1.82) is 0 Å². The Hall–Kier alpha value is -1.87. The molecule has 2 aliphatic rings. The molecule has 0 radical (unpaired) electrons. The lowest BCUT2D eigenvalue weighted by atomic mass is 9.74. The third-order valence-electron chi connectivity index (χ3n) is 5.81. The molecule has 4 unspecified atom stereocenters. The number of alkyl halides is 3. The molecule has 1 aliphatic heterocycles. The molecule has 9 heteroatoms. The summed E-state index contributed by atoms with van der Waals surface area (Å²) in [5.41, 5.74) is -0.230. The van der Waals surface area contributed by atoms with Gasteiger partial charge in [0.15, 0.2) is 5.11 Å². The molecule has 4 atom stereocenters. The number of hydrogen-bond donors (Lipinski definition) is 3. The molecule has 1 heterocycles. The van der Waals surface area contributed by atoms with E-state index in [0.29, 0.717) is 29.7 Å². The van der Waals surface area contributed by atoms with Crippen molar-refractivity contribution in [3.05, 3.63) is 29.8 Å². The standard InChI is InChI=1S/C20H26F3N3O2S/c1-28-16-7-2-12-10-13(18(27)26-17(12)11-16)8-9-24-19(29)25-15-5-3-14(4-6-15)20(21,22)23/h3-6,12-13,16-17H,2,7-11H2,1H3,(H,26,27)(H2,24,25,29). The number of halogens is 3. The first-order valence-electron chi connectivity index (χ1n) is 9.81. The number of carbonyl (C=O) groups is 1. The summed E-state index contributed by atoms with van der Waals surface area (Å²) in [7, 11) is 1.71. The van der Waals surface area contributed by atoms with E-state index in [1.165, 1.54) is 12.1 Å². The molecule has 3 rings (SSSR count). The summed E-state index contributed by atoms with van der Waals surface area (Å²) in [5, 5.41) is 9.35. The van der Waals surface area contributed by atoms with Crippen LogP contribution in [0.5, 0.6) is 0 Å². The first kappa shape index (κ1) is 21.8. The van der Waals surface area contributed by atoms with E-state index >= 15 is 0 Å². The summed E-state index contributed by atoms with van der Waals surface area (Å²) >= 11 is 5.20. The second-order valence-corrected chi connectivity index (χ2v) is 8.13. The topological polar surface area (TPSA) is 62.4 Å². The van der Waals surface area contributed by atoms with Crippen molar-refractivity contribution in [2.45, 2.75) is 50.4 Å². The lowest BCUT2D eigenvalue weighted by Gasteiger charge is -2.41. The predicted octanol–water partition coefficient (Wildman–Crippen LogP) is 3.70. The van der Waals surface area contributed by atoms with Crippen LogP contribution in [0.4, 0.5) is 18.9 Å². The lowest BCUT2D eigenvalue weighted by Crippen LogP contribution is -2.53. The highest BCUT2D eigenvalue weighted by Gasteiger charge is 2.39. The Morgan fingerprint density at radius 3 is 2.62 bits per heavy atom. The molecule has 1 aromatic rings. The van der Waals surface area contributed by atoms with E-state index in [1.807, 2.05) is 0 Å². The summed E-state index contributed by atoms with van der Waals surface area (Å²) in [5.74, 6) is 0.504.